The van der Waals surface area contributed by atoms with E-state index in [0.29, 0.717) is 24.6 Å². The van der Waals surface area contributed by atoms with E-state index in [2.05, 4.69) is 20.8 Å². The maximum atomic E-state index is 13.0. The molecule has 4 aromatic rings. The molecule has 0 aliphatic carbocycles. The molecule has 0 saturated carbocycles. The molecule has 0 aliphatic heterocycles. The number of rotatable bonds is 8. The summed E-state index contributed by atoms with van der Waals surface area (Å²) in [5, 5.41) is 15.0. The van der Waals surface area contributed by atoms with Crippen LogP contribution >= 0.6 is 0 Å². The topological polar surface area (TPSA) is 74.1 Å². The molecule has 7 nitrogen and oxygen atoms in total. The predicted octanol–water partition coefficient (Wildman–Crippen LogP) is 0.896. The smallest absolute Gasteiger partial charge is 0.346 e. The molecule has 1 aromatic heterocycles. The molecule has 0 aliphatic rings. The van der Waals surface area contributed by atoms with Crippen LogP contribution in [0.2, 0.25) is 0 Å². The highest BCUT2D eigenvalue weighted by Gasteiger charge is 2.14. The number of methoxy groups -OCH3 is 1. The predicted molar refractivity (Wildman–Crippen MR) is 109 cm³/mol. The van der Waals surface area contributed by atoms with Gasteiger partial charge in [0.25, 0.3) is 0 Å². The first-order chi connectivity index (χ1) is 14.7. The Morgan fingerprint density at radius 3 is 2.35 bits per heavy atom. The van der Waals surface area contributed by atoms with Crippen molar-refractivity contribution in [2.24, 2.45) is 0 Å². The van der Waals surface area contributed by atoms with E-state index >= 15 is 0 Å². The maximum Gasteiger partial charge on any atom is 0.346 e. The first-order valence-electron chi connectivity index (χ1n) is 9.36. The van der Waals surface area contributed by atoms with Gasteiger partial charge >= 0.3 is 6.01 Å². The Hall–Kier alpha value is -3.49. The van der Waals surface area contributed by atoms with E-state index in [-0.39, 0.29) is 24.2 Å². The Morgan fingerprint density at radius 2 is 1.61 bits per heavy atom. The lowest BCUT2D eigenvalue weighted by Gasteiger charge is -2.12. The van der Waals surface area contributed by atoms with Gasteiger partial charge in [0.2, 0.25) is 0 Å². The molecule has 0 amide bonds. The molecule has 0 bridgehead atoms. The van der Waals surface area contributed by atoms with E-state index in [1.54, 1.807) is 19.2 Å². The lowest BCUT2D eigenvalue weighted by atomic mass is 10.2. The summed E-state index contributed by atoms with van der Waals surface area (Å²) in [4.78, 5) is 0. The average Bonchev–Trinajstić information content (AvgIpc) is 3.25. The summed E-state index contributed by atoms with van der Waals surface area (Å²) in [6, 6.07) is 21.8. The number of hydrogen-bond acceptors (Lipinski definition) is 6. The van der Waals surface area contributed by atoms with Crippen LogP contribution in [0, 0.1) is 5.82 Å². The third-order valence-electron chi connectivity index (χ3n) is 4.44. The highest BCUT2D eigenvalue weighted by Crippen LogP contribution is 2.32. The van der Waals surface area contributed by atoms with Gasteiger partial charge in [0.05, 0.1) is 12.8 Å². The summed E-state index contributed by atoms with van der Waals surface area (Å²) in [6.07, 6.45) is 0. The lowest BCUT2D eigenvalue weighted by molar-refractivity contribution is -0.00000762. The third-order valence-corrected chi connectivity index (χ3v) is 4.44. The molecule has 0 saturated heterocycles. The highest BCUT2D eigenvalue weighted by molar-refractivity contribution is 5.44. The van der Waals surface area contributed by atoms with Gasteiger partial charge in [-0.05, 0) is 58.0 Å². The fourth-order valence-electron chi connectivity index (χ4n) is 2.93. The van der Waals surface area contributed by atoms with E-state index in [9.17, 15) is 4.39 Å². The van der Waals surface area contributed by atoms with Crippen LogP contribution in [0.4, 0.5) is 4.39 Å². The van der Waals surface area contributed by atoms with Crippen molar-refractivity contribution >= 4 is 0 Å². The van der Waals surface area contributed by atoms with Gasteiger partial charge in [0.15, 0.2) is 11.5 Å². The minimum Gasteiger partial charge on any atom is -1.00 e. The largest absolute Gasteiger partial charge is 1.00 e. The van der Waals surface area contributed by atoms with Gasteiger partial charge in [-0.25, -0.2) is 4.39 Å². The zero-order valence-electron chi connectivity index (χ0n) is 16.7. The number of nitrogens with zero attached hydrogens (tertiary/aromatic N) is 4. The van der Waals surface area contributed by atoms with Crippen LogP contribution in [0.5, 0.6) is 17.5 Å². The number of nitrogens with one attached hydrogen (secondary N) is 1. The van der Waals surface area contributed by atoms with Crippen molar-refractivity contribution < 1.29 is 26.3 Å². The molecule has 1 heterocycles. The van der Waals surface area contributed by atoms with Crippen molar-refractivity contribution in [1.29, 1.82) is 0 Å². The Balaban J connectivity index is 0.00000272. The van der Waals surface area contributed by atoms with E-state index in [4.69, 9.17) is 9.47 Å². The van der Waals surface area contributed by atoms with Crippen molar-refractivity contribution in [3.05, 3.63) is 89.7 Å². The van der Waals surface area contributed by atoms with E-state index in [0.717, 1.165) is 16.8 Å². The van der Waals surface area contributed by atoms with Crippen molar-refractivity contribution in [2.45, 2.75) is 13.1 Å². The van der Waals surface area contributed by atoms with Crippen molar-refractivity contribution in [3.8, 4) is 23.2 Å². The Morgan fingerprint density at radius 1 is 0.903 bits per heavy atom. The minimum absolute atomic E-state index is 0. The number of ether oxygens (including phenoxy) is 2. The molecular formula is C22H20ClFN5O2-. The van der Waals surface area contributed by atoms with E-state index in [1.165, 1.54) is 16.8 Å². The second-order valence-corrected chi connectivity index (χ2v) is 6.53. The van der Waals surface area contributed by atoms with Gasteiger partial charge in [-0.1, -0.05) is 41.5 Å². The van der Waals surface area contributed by atoms with Gasteiger partial charge < -0.3 is 27.2 Å². The number of benzene rings is 3. The Kier molecular flexibility index (Phi) is 7.53. The van der Waals surface area contributed by atoms with Gasteiger partial charge in [0, 0.05) is 13.1 Å². The van der Waals surface area contributed by atoms with Gasteiger partial charge in [-0.15, -0.1) is 0 Å². The molecule has 1 N–H and O–H groups in total. The molecular weight excluding hydrogens is 421 g/mol. The second-order valence-electron chi connectivity index (χ2n) is 6.53. The summed E-state index contributed by atoms with van der Waals surface area (Å²) in [5.74, 6) is 0.836. The van der Waals surface area contributed by atoms with E-state index in [1.807, 2.05) is 48.5 Å². The Labute approximate surface area is 185 Å². The van der Waals surface area contributed by atoms with Gasteiger partial charge in [-0.2, -0.15) is 4.68 Å². The normalized spacial score (nSPS) is 10.4. The Bertz CT molecular complexity index is 1110. The average molecular weight is 441 g/mol. The quantitative estimate of drug-likeness (QED) is 0.439. The number of halogens is 2. The monoisotopic (exact) mass is 440 g/mol. The van der Waals surface area contributed by atoms with Crippen molar-refractivity contribution in [1.82, 2.24) is 25.5 Å². The minimum atomic E-state index is -0.239. The van der Waals surface area contributed by atoms with Crippen LogP contribution in [0.1, 0.15) is 11.1 Å². The molecule has 0 radical (unpaired) electrons. The number of hydrogen-bond donors (Lipinski definition) is 1. The maximum absolute atomic E-state index is 13.0. The molecule has 0 fully saturated rings. The lowest BCUT2D eigenvalue weighted by Crippen LogP contribution is -3.00. The van der Waals surface area contributed by atoms with Crippen molar-refractivity contribution in [2.75, 3.05) is 7.11 Å². The fourth-order valence-corrected chi connectivity index (χ4v) is 2.93. The van der Waals surface area contributed by atoms with Crippen LogP contribution in [-0.4, -0.2) is 27.3 Å². The molecule has 9 heteroatoms. The molecule has 0 unspecified atom stereocenters. The van der Waals surface area contributed by atoms with Crippen LogP contribution in [0.3, 0.4) is 0 Å². The summed E-state index contributed by atoms with van der Waals surface area (Å²) in [6.45, 7) is 1.25. The summed E-state index contributed by atoms with van der Waals surface area (Å²) >= 11 is 0. The first kappa shape index (κ1) is 22.2. The van der Waals surface area contributed by atoms with Gasteiger partial charge in [-0.3, -0.25) is 0 Å². The fraction of sp³-hybridized carbons (Fsp3) is 0.136. The SMILES string of the molecule is COc1cc(CNCc2ccc(F)cc2)ccc1Oc1nnnn1-c1ccccc1.[Cl-]. The molecule has 160 valence electrons. The van der Waals surface area contributed by atoms with Crippen molar-refractivity contribution in [3.63, 3.8) is 0 Å². The zero-order valence-corrected chi connectivity index (χ0v) is 17.5. The second kappa shape index (κ2) is 10.5. The molecule has 4 rings (SSSR count). The number of aromatic nitrogens is 4. The van der Waals surface area contributed by atoms with Crippen LogP contribution in [-0.2, 0) is 13.1 Å². The molecule has 0 atom stereocenters. The van der Waals surface area contributed by atoms with E-state index < -0.39 is 0 Å². The summed E-state index contributed by atoms with van der Waals surface area (Å²) in [7, 11) is 1.58. The number of para-hydroxylation sites is 1. The van der Waals surface area contributed by atoms with Crippen LogP contribution in [0.25, 0.3) is 5.69 Å². The first-order valence-corrected chi connectivity index (χ1v) is 9.36. The van der Waals surface area contributed by atoms with Crippen LogP contribution < -0.4 is 27.2 Å². The molecule has 0 spiro atoms. The van der Waals surface area contributed by atoms with Crippen LogP contribution in [0.15, 0.2) is 72.8 Å². The molecule has 3 aromatic carbocycles. The highest BCUT2D eigenvalue weighted by atomic mass is 35.5. The zero-order chi connectivity index (χ0) is 20.8. The van der Waals surface area contributed by atoms with Gasteiger partial charge in [0.1, 0.15) is 5.82 Å². The number of tetrazole rings is 1. The summed E-state index contributed by atoms with van der Waals surface area (Å²) in [5.41, 5.74) is 2.82. The summed E-state index contributed by atoms with van der Waals surface area (Å²) < 4.78 is 25.9. The third kappa shape index (κ3) is 5.56. The standard InChI is InChI=1S/C22H20FN5O2.ClH/c1-29-21-13-17(15-24-14-16-7-10-18(23)11-8-16)9-12-20(21)30-22-25-26-27-28(22)19-5-3-2-4-6-19;/h2-13,24H,14-15H2,1H3;1H/p-1. The molecule has 31 heavy (non-hydrogen) atoms.